The highest BCUT2D eigenvalue weighted by Crippen LogP contribution is 2.16. The molecule has 1 amide bonds. The molecule has 0 fully saturated rings. The summed E-state index contributed by atoms with van der Waals surface area (Å²) in [7, 11) is -0.520. The quantitative estimate of drug-likeness (QED) is 0.829. The summed E-state index contributed by atoms with van der Waals surface area (Å²) < 4.78 is 24.8. The van der Waals surface area contributed by atoms with E-state index in [9.17, 15) is 13.2 Å². The third-order valence-corrected chi connectivity index (χ3v) is 4.51. The molecule has 0 spiro atoms. The molecule has 0 radical (unpaired) electrons. The molecule has 7 heteroatoms. The Hall–Kier alpha value is -1.44. The Balaban J connectivity index is 2.86. The number of anilines is 1. The Morgan fingerprint density at radius 3 is 2.26 bits per heavy atom. The van der Waals surface area contributed by atoms with Crippen LogP contribution in [0.2, 0.25) is 0 Å². The van der Waals surface area contributed by atoms with Gasteiger partial charge in [0.15, 0.2) is 0 Å². The van der Waals surface area contributed by atoms with Crippen molar-refractivity contribution < 1.29 is 13.2 Å². The van der Waals surface area contributed by atoms with Gasteiger partial charge in [-0.3, -0.25) is 4.79 Å². The topological polar surface area (TPSA) is 92.5 Å². The molecule has 0 aliphatic rings. The van der Waals surface area contributed by atoms with Gasteiger partial charge in [-0.15, -0.1) is 0 Å². The molecule has 6 nitrogen and oxygen atoms in total. The van der Waals surface area contributed by atoms with Crippen LogP contribution in [0.1, 0.15) is 13.3 Å². The van der Waals surface area contributed by atoms with Crippen molar-refractivity contribution in [2.75, 3.05) is 19.4 Å². The lowest BCUT2D eigenvalue weighted by molar-refractivity contribution is -0.117. The average molecular weight is 285 g/mol. The van der Waals surface area contributed by atoms with Gasteiger partial charge in [0.05, 0.1) is 10.9 Å². The second kappa shape index (κ2) is 6.14. The van der Waals surface area contributed by atoms with E-state index < -0.39 is 16.1 Å². The lowest BCUT2D eigenvalue weighted by atomic mass is 10.2. The Morgan fingerprint density at radius 2 is 1.84 bits per heavy atom. The summed E-state index contributed by atoms with van der Waals surface area (Å²) in [5.74, 6) is -0.286. The van der Waals surface area contributed by atoms with Crippen LogP contribution in [0.4, 0.5) is 5.69 Å². The van der Waals surface area contributed by atoms with Gasteiger partial charge in [-0.05, 0) is 30.7 Å². The zero-order valence-corrected chi connectivity index (χ0v) is 12.1. The fraction of sp³-hybridized carbons (Fsp3) is 0.417. The van der Waals surface area contributed by atoms with Gasteiger partial charge in [0.25, 0.3) is 0 Å². The first-order valence-corrected chi connectivity index (χ1v) is 7.32. The van der Waals surface area contributed by atoms with Crippen LogP contribution in [-0.4, -0.2) is 38.8 Å². The van der Waals surface area contributed by atoms with Crippen molar-refractivity contribution in [2.45, 2.75) is 24.3 Å². The zero-order valence-electron chi connectivity index (χ0n) is 11.3. The van der Waals surface area contributed by atoms with Crippen LogP contribution in [0.25, 0.3) is 0 Å². The zero-order chi connectivity index (χ0) is 14.6. The summed E-state index contributed by atoms with van der Waals surface area (Å²) in [6.07, 6.45) is 0.541. The maximum absolute atomic E-state index is 11.8. The highest BCUT2D eigenvalue weighted by atomic mass is 32.2. The molecule has 1 rings (SSSR count). The first kappa shape index (κ1) is 15.6. The summed E-state index contributed by atoms with van der Waals surface area (Å²) >= 11 is 0. The average Bonchev–Trinajstić information content (AvgIpc) is 2.38. The van der Waals surface area contributed by atoms with E-state index in [1.165, 1.54) is 38.4 Å². The van der Waals surface area contributed by atoms with Gasteiger partial charge in [0.1, 0.15) is 0 Å². The molecular formula is C12H19N3O3S. The smallest absolute Gasteiger partial charge is 0.242 e. The predicted octanol–water partition coefficient (Wildman–Crippen LogP) is 0.613. The Kier molecular flexibility index (Phi) is 5.04. The van der Waals surface area contributed by atoms with E-state index in [1.54, 1.807) is 0 Å². The minimum atomic E-state index is -3.45. The van der Waals surface area contributed by atoms with Crippen LogP contribution < -0.4 is 11.1 Å². The van der Waals surface area contributed by atoms with Crippen molar-refractivity contribution >= 4 is 21.6 Å². The number of carbonyl (C=O) groups is 1. The number of carbonyl (C=O) groups excluding carboxylic acids is 1. The Labute approximate surface area is 113 Å². The monoisotopic (exact) mass is 285 g/mol. The van der Waals surface area contributed by atoms with Gasteiger partial charge in [-0.2, -0.15) is 0 Å². The van der Waals surface area contributed by atoms with Gasteiger partial charge >= 0.3 is 0 Å². The second-order valence-electron chi connectivity index (χ2n) is 4.32. The number of hydrogen-bond acceptors (Lipinski definition) is 4. The van der Waals surface area contributed by atoms with Gasteiger partial charge in [-0.1, -0.05) is 6.92 Å². The largest absolute Gasteiger partial charge is 0.325 e. The molecule has 19 heavy (non-hydrogen) atoms. The molecule has 3 N–H and O–H groups in total. The number of nitrogens with one attached hydrogen (secondary N) is 1. The molecule has 0 bridgehead atoms. The maximum Gasteiger partial charge on any atom is 0.242 e. The standard InChI is InChI=1S/C12H19N3O3S/c1-4-11(13)12(16)14-9-5-7-10(8-6-9)19(17,18)15(2)3/h5-8,11H,4,13H2,1-3H3,(H,14,16)/t11-/m0/s1. The van der Waals surface area contributed by atoms with Crippen LogP contribution >= 0.6 is 0 Å². The first-order chi connectivity index (χ1) is 8.78. The third-order valence-electron chi connectivity index (χ3n) is 2.68. The van der Waals surface area contributed by atoms with Crippen molar-refractivity contribution in [1.82, 2.24) is 4.31 Å². The minimum absolute atomic E-state index is 0.176. The van der Waals surface area contributed by atoms with Crippen LogP contribution in [0.5, 0.6) is 0 Å². The van der Waals surface area contributed by atoms with E-state index in [0.717, 1.165) is 4.31 Å². The fourth-order valence-corrected chi connectivity index (χ4v) is 2.24. The summed E-state index contributed by atoms with van der Waals surface area (Å²) in [4.78, 5) is 11.7. The molecule has 0 heterocycles. The van der Waals surface area contributed by atoms with E-state index in [-0.39, 0.29) is 10.8 Å². The molecule has 0 aliphatic carbocycles. The van der Waals surface area contributed by atoms with Crippen molar-refractivity contribution in [3.63, 3.8) is 0 Å². The van der Waals surface area contributed by atoms with E-state index in [0.29, 0.717) is 12.1 Å². The molecule has 1 atom stereocenters. The predicted molar refractivity (Wildman–Crippen MR) is 74.2 cm³/mol. The Morgan fingerprint density at radius 1 is 1.32 bits per heavy atom. The van der Waals surface area contributed by atoms with Crippen LogP contribution in [0.3, 0.4) is 0 Å². The Bertz CT molecular complexity index is 538. The maximum atomic E-state index is 11.8. The highest BCUT2D eigenvalue weighted by molar-refractivity contribution is 7.89. The number of sulfonamides is 1. The van der Waals surface area contributed by atoms with E-state index >= 15 is 0 Å². The van der Waals surface area contributed by atoms with E-state index in [4.69, 9.17) is 5.73 Å². The van der Waals surface area contributed by atoms with Gasteiger partial charge < -0.3 is 11.1 Å². The van der Waals surface area contributed by atoms with Gasteiger partial charge in [-0.25, -0.2) is 12.7 Å². The minimum Gasteiger partial charge on any atom is -0.325 e. The number of nitrogens with two attached hydrogens (primary N) is 1. The highest BCUT2D eigenvalue weighted by Gasteiger charge is 2.17. The molecule has 0 aromatic heterocycles. The lowest BCUT2D eigenvalue weighted by Crippen LogP contribution is -2.34. The molecule has 0 unspecified atom stereocenters. The van der Waals surface area contributed by atoms with Crippen molar-refractivity contribution in [3.8, 4) is 0 Å². The van der Waals surface area contributed by atoms with Crippen LogP contribution in [0, 0.1) is 0 Å². The normalized spacial score (nSPS) is 13.3. The molecule has 0 aliphatic heterocycles. The fourth-order valence-electron chi connectivity index (χ4n) is 1.34. The van der Waals surface area contributed by atoms with Gasteiger partial charge in [0, 0.05) is 19.8 Å². The third kappa shape index (κ3) is 3.76. The van der Waals surface area contributed by atoms with Crippen molar-refractivity contribution in [2.24, 2.45) is 5.73 Å². The van der Waals surface area contributed by atoms with Crippen LogP contribution in [0.15, 0.2) is 29.2 Å². The molecular weight excluding hydrogens is 266 g/mol. The van der Waals surface area contributed by atoms with Crippen molar-refractivity contribution in [1.29, 1.82) is 0 Å². The number of benzene rings is 1. The van der Waals surface area contributed by atoms with Gasteiger partial charge in [0.2, 0.25) is 15.9 Å². The van der Waals surface area contributed by atoms with Crippen LogP contribution in [-0.2, 0) is 14.8 Å². The van der Waals surface area contributed by atoms with E-state index in [2.05, 4.69) is 5.32 Å². The summed E-state index contributed by atoms with van der Waals surface area (Å²) in [6.45, 7) is 1.82. The molecule has 106 valence electrons. The SMILES string of the molecule is CC[C@H](N)C(=O)Nc1ccc(S(=O)(=O)N(C)C)cc1. The van der Waals surface area contributed by atoms with Crippen molar-refractivity contribution in [3.05, 3.63) is 24.3 Å². The van der Waals surface area contributed by atoms with E-state index in [1.807, 2.05) is 6.92 Å². The molecule has 1 aromatic rings. The number of hydrogen-bond donors (Lipinski definition) is 2. The summed E-state index contributed by atoms with van der Waals surface area (Å²) in [6, 6.07) is 5.41. The molecule has 0 saturated carbocycles. The summed E-state index contributed by atoms with van der Waals surface area (Å²) in [5.41, 5.74) is 6.11. The second-order valence-corrected chi connectivity index (χ2v) is 6.47. The number of rotatable bonds is 5. The summed E-state index contributed by atoms with van der Waals surface area (Å²) in [5, 5.41) is 2.63. The number of amides is 1. The molecule has 1 aromatic carbocycles. The number of nitrogens with zero attached hydrogens (tertiary/aromatic N) is 1. The molecule has 0 saturated heterocycles. The lowest BCUT2D eigenvalue weighted by Gasteiger charge is -2.13. The first-order valence-electron chi connectivity index (χ1n) is 5.88.